The third-order valence-corrected chi connectivity index (χ3v) is 2.46. The van der Waals surface area contributed by atoms with Gasteiger partial charge in [-0.05, 0) is 31.6 Å². The molecule has 1 aliphatic heterocycles. The Balaban J connectivity index is 2.11. The van der Waals surface area contributed by atoms with E-state index in [1.807, 2.05) is 0 Å². The van der Waals surface area contributed by atoms with E-state index in [-0.39, 0.29) is 5.35 Å². The number of hydrogen-bond donors (Lipinski definition) is 0. The quantitative estimate of drug-likeness (QED) is 0.669. The van der Waals surface area contributed by atoms with Gasteiger partial charge in [0.15, 0.2) is 0 Å². The Labute approximate surface area is 76.3 Å². The van der Waals surface area contributed by atoms with Crippen LogP contribution in [0.5, 0.6) is 0 Å². The molecule has 1 aliphatic rings. The maximum atomic E-state index is 5.58. The third kappa shape index (κ3) is 1.47. The summed E-state index contributed by atoms with van der Waals surface area (Å²) in [5, 5.41) is 0.250. The first-order valence-electron chi connectivity index (χ1n) is 4.05. The smallest absolute Gasteiger partial charge is 0.292 e. The van der Waals surface area contributed by atoms with Crippen molar-refractivity contribution >= 4 is 11.6 Å². The average Bonchev–Trinajstić information content (AvgIpc) is 2.58. The standard InChI is InChI=1S/C8H11ClN2O/c1-11-3-2-6(5-11)7-4-10-8(9)12-7/h4,6H,2-3,5H2,1H3. The predicted molar refractivity (Wildman–Crippen MR) is 46.4 cm³/mol. The van der Waals surface area contributed by atoms with E-state index in [9.17, 15) is 0 Å². The molecule has 1 aromatic rings. The van der Waals surface area contributed by atoms with Gasteiger partial charge in [-0.15, -0.1) is 0 Å². The summed E-state index contributed by atoms with van der Waals surface area (Å²) < 4.78 is 5.24. The summed E-state index contributed by atoms with van der Waals surface area (Å²) in [6.07, 6.45) is 2.87. The lowest BCUT2D eigenvalue weighted by atomic mass is 10.1. The molecular formula is C8H11ClN2O. The van der Waals surface area contributed by atoms with E-state index in [1.165, 1.54) is 0 Å². The van der Waals surface area contributed by atoms with Gasteiger partial charge >= 0.3 is 0 Å². The minimum atomic E-state index is 0.250. The van der Waals surface area contributed by atoms with Crippen molar-refractivity contribution in [1.82, 2.24) is 9.88 Å². The molecule has 0 radical (unpaired) electrons. The van der Waals surface area contributed by atoms with Gasteiger partial charge in [0.05, 0.1) is 6.20 Å². The van der Waals surface area contributed by atoms with E-state index in [4.69, 9.17) is 16.0 Å². The highest BCUT2D eigenvalue weighted by Crippen LogP contribution is 2.27. The lowest BCUT2D eigenvalue weighted by Gasteiger charge is -2.06. The summed E-state index contributed by atoms with van der Waals surface area (Å²) >= 11 is 5.58. The molecule has 0 aliphatic carbocycles. The first-order valence-corrected chi connectivity index (χ1v) is 4.43. The first-order chi connectivity index (χ1) is 5.75. The van der Waals surface area contributed by atoms with Gasteiger partial charge in [0.2, 0.25) is 0 Å². The van der Waals surface area contributed by atoms with Crippen LogP contribution in [-0.2, 0) is 0 Å². The van der Waals surface area contributed by atoms with Crippen LogP contribution < -0.4 is 0 Å². The van der Waals surface area contributed by atoms with Crippen molar-refractivity contribution in [1.29, 1.82) is 0 Å². The Morgan fingerprint density at radius 2 is 2.58 bits per heavy atom. The fraction of sp³-hybridized carbons (Fsp3) is 0.625. The summed E-state index contributed by atoms with van der Waals surface area (Å²) in [4.78, 5) is 6.15. The zero-order valence-electron chi connectivity index (χ0n) is 6.96. The summed E-state index contributed by atoms with van der Waals surface area (Å²) in [6.45, 7) is 2.18. The molecule has 0 saturated carbocycles. The molecule has 0 bridgehead atoms. The summed E-state index contributed by atoms with van der Waals surface area (Å²) in [5.74, 6) is 1.40. The molecule has 4 heteroatoms. The van der Waals surface area contributed by atoms with Gasteiger partial charge in [0.1, 0.15) is 5.76 Å². The second-order valence-corrected chi connectivity index (χ2v) is 3.59. The molecular weight excluding hydrogens is 176 g/mol. The topological polar surface area (TPSA) is 29.3 Å². The van der Waals surface area contributed by atoms with Gasteiger partial charge < -0.3 is 9.32 Å². The highest BCUT2D eigenvalue weighted by Gasteiger charge is 2.24. The van der Waals surface area contributed by atoms with E-state index in [1.54, 1.807) is 6.20 Å². The van der Waals surface area contributed by atoms with Crippen LogP contribution in [0.25, 0.3) is 0 Å². The number of likely N-dealkylation sites (tertiary alicyclic amines) is 1. The Bertz CT molecular complexity index is 274. The van der Waals surface area contributed by atoms with Crippen molar-refractivity contribution in [2.45, 2.75) is 12.3 Å². The molecule has 0 N–H and O–H groups in total. The minimum Gasteiger partial charge on any atom is -0.432 e. The second-order valence-electron chi connectivity index (χ2n) is 3.26. The van der Waals surface area contributed by atoms with Crippen molar-refractivity contribution in [3.05, 3.63) is 17.3 Å². The zero-order valence-corrected chi connectivity index (χ0v) is 7.71. The molecule has 2 heterocycles. The number of likely N-dealkylation sites (N-methyl/N-ethyl adjacent to an activating group) is 1. The molecule has 1 aromatic heterocycles. The van der Waals surface area contributed by atoms with Gasteiger partial charge in [0, 0.05) is 12.5 Å². The molecule has 2 rings (SSSR count). The summed E-state index contributed by atoms with van der Waals surface area (Å²) in [7, 11) is 2.11. The lowest BCUT2D eigenvalue weighted by molar-refractivity contribution is 0.396. The van der Waals surface area contributed by atoms with Crippen molar-refractivity contribution in [2.75, 3.05) is 20.1 Å². The molecule has 12 heavy (non-hydrogen) atoms. The fourth-order valence-electron chi connectivity index (χ4n) is 1.62. The lowest BCUT2D eigenvalue weighted by Crippen LogP contribution is -2.13. The minimum absolute atomic E-state index is 0.250. The fourth-order valence-corrected chi connectivity index (χ4v) is 1.76. The number of oxazole rings is 1. The van der Waals surface area contributed by atoms with Crippen molar-refractivity contribution in [2.24, 2.45) is 0 Å². The zero-order chi connectivity index (χ0) is 8.55. The highest BCUT2D eigenvalue weighted by atomic mass is 35.5. The molecule has 3 nitrogen and oxygen atoms in total. The number of nitrogens with zero attached hydrogens (tertiary/aromatic N) is 2. The molecule has 66 valence electrons. The molecule has 1 unspecified atom stereocenters. The number of rotatable bonds is 1. The van der Waals surface area contributed by atoms with E-state index >= 15 is 0 Å². The first kappa shape index (κ1) is 8.08. The van der Waals surface area contributed by atoms with Gasteiger partial charge in [-0.3, -0.25) is 0 Å². The van der Waals surface area contributed by atoms with E-state index < -0.39 is 0 Å². The second kappa shape index (κ2) is 3.07. The molecule has 1 atom stereocenters. The van der Waals surface area contributed by atoms with Crippen LogP contribution in [0.4, 0.5) is 0 Å². The van der Waals surface area contributed by atoms with Crippen LogP contribution in [0.3, 0.4) is 0 Å². The van der Waals surface area contributed by atoms with Gasteiger partial charge in [-0.1, -0.05) is 0 Å². The molecule has 0 spiro atoms. The normalized spacial score (nSPS) is 25.0. The number of hydrogen-bond acceptors (Lipinski definition) is 3. The van der Waals surface area contributed by atoms with E-state index in [2.05, 4.69) is 16.9 Å². The van der Waals surface area contributed by atoms with E-state index in [0.29, 0.717) is 5.92 Å². The number of aromatic nitrogens is 1. The Morgan fingerprint density at radius 3 is 3.08 bits per heavy atom. The van der Waals surface area contributed by atoms with Crippen LogP contribution in [0.1, 0.15) is 18.1 Å². The number of halogens is 1. The van der Waals surface area contributed by atoms with Crippen LogP contribution in [0.2, 0.25) is 5.35 Å². The van der Waals surface area contributed by atoms with Gasteiger partial charge in [-0.25, -0.2) is 4.98 Å². The predicted octanol–water partition coefficient (Wildman–Crippen LogP) is 1.75. The SMILES string of the molecule is CN1CCC(c2cnc(Cl)o2)C1. The molecule has 0 amide bonds. The Morgan fingerprint density at radius 1 is 1.75 bits per heavy atom. The van der Waals surface area contributed by atoms with Gasteiger partial charge in [0.25, 0.3) is 5.35 Å². The Kier molecular flexibility index (Phi) is 2.07. The summed E-state index contributed by atoms with van der Waals surface area (Å²) in [6, 6.07) is 0. The summed E-state index contributed by atoms with van der Waals surface area (Å²) in [5.41, 5.74) is 0. The maximum absolute atomic E-state index is 5.58. The van der Waals surface area contributed by atoms with Crippen molar-refractivity contribution in [3.8, 4) is 0 Å². The van der Waals surface area contributed by atoms with Crippen molar-refractivity contribution < 1.29 is 4.42 Å². The van der Waals surface area contributed by atoms with Crippen LogP contribution in [0.15, 0.2) is 10.6 Å². The molecule has 1 fully saturated rings. The largest absolute Gasteiger partial charge is 0.432 e. The van der Waals surface area contributed by atoms with Crippen LogP contribution in [0, 0.1) is 0 Å². The molecule has 0 aromatic carbocycles. The average molecular weight is 187 g/mol. The van der Waals surface area contributed by atoms with E-state index in [0.717, 1.165) is 25.3 Å². The maximum Gasteiger partial charge on any atom is 0.292 e. The van der Waals surface area contributed by atoms with Gasteiger partial charge in [-0.2, -0.15) is 0 Å². The van der Waals surface area contributed by atoms with Crippen LogP contribution >= 0.6 is 11.6 Å². The molecule has 1 saturated heterocycles. The van der Waals surface area contributed by atoms with Crippen molar-refractivity contribution in [3.63, 3.8) is 0 Å². The monoisotopic (exact) mass is 186 g/mol. The van der Waals surface area contributed by atoms with Crippen LogP contribution in [-0.4, -0.2) is 30.0 Å². The highest BCUT2D eigenvalue weighted by molar-refractivity contribution is 6.27. The third-order valence-electron chi connectivity index (χ3n) is 2.29. The Hall–Kier alpha value is -0.540.